The molecule has 0 unspecified atom stereocenters. The van der Waals surface area contributed by atoms with Gasteiger partial charge < -0.3 is 19.5 Å². The number of nitrogens with one attached hydrogen (secondary N) is 1. The van der Waals surface area contributed by atoms with Gasteiger partial charge in [-0.25, -0.2) is 4.68 Å². The Morgan fingerprint density at radius 3 is 2.37 bits per heavy atom. The third-order valence-electron chi connectivity index (χ3n) is 6.16. The van der Waals surface area contributed by atoms with Gasteiger partial charge in [0.15, 0.2) is 5.76 Å². The predicted molar refractivity (Wildman–Crippen MR) is 136 cm³/mol. The predicted octanol–water partition coefficient (Wildman–Crippen LogP) is 3.77. The number of rotatable bonds is 6. The Morgan fingerprint density at radius 2 is 1.60 bits per heavy atom. The minimum absolute atomic E-state index is 0.147. The van der Waals surface area contributed by atoms with E-state index < -0.39 is 0 Å². The fourth-order valence-electron chi connectivity index (χ4n) is 4.18. The van der Waals surface area contributed by atoms with Crippen molar-refractivity contribution in [3.05, 3.63) is 106 Å². The van der Waals surface area contributed by atoms with Crippen molar-refractivity contribution in [1.82, 2.24) is 9.78 Å². The Kier molecular flexibility index (Phi) is 6.34. The summed E-state index contributed by atoms with van der Waals surface area (Å²) in [6.45, 7) is 5.45. The molecule has 3 heterocycles. The summed E-state index contributed by atoms with van der Waals surface area (Å²) in [5.41, 5.74) is 2.68. The maximum atomic E-state index is 12.6. The molecular weight excluding hydrogens is 442 g/mol. The van der Waals surface area contributed by atoms with E-state index in [2.05, 4.69) is 32.3 Å². The average Bonchev–Trinajstić information content (AvgIpc) is 3.36. The van der Waals surface area contributed by atoms with Gasteiger partial charge in [0.25, 0.3) is 11.5 Å². The van der Waals surface area contributed by atoms with E-state index in [0.717, 1.165) is 43.2 Å². The standard InChI is InChI=1S/C27H27N5O3/c1-20-7-5-6-10-23(20)28-27(34)24-12-11-22(35-24)19-32-26(33)14-13-25(29-32)31-17-15-30(16-18-31)21-8-3-2-4-9-21/h2-14H,15-19H2,1H3,(H,28,34). The molecule has 0 aliphatic carbocycles. The van der Waals surface area contributed by atoms with Crippen LogP contribution in [0.3, 0.4) is 0 Å². The Balaban J connectivity index is 1.25. The average molecular weight is 470 g/mol. The topological polar surface area (TPSA) is 83.6 Å². The van der Waals surface area contributed by atoms with Crippen LogP contribution < -0.4 is 20.7 Å². The fourth-order valence-corrected chi connectivity index (χ4v) is 4.18. The van der Waals surface area contributed by atoms with Crippen LogP contribution in [0.5, 0.6) is 0 Å². The summed E-state index contributed by atoms with van der Waals surface area (Å²) in [4.78, 5) is 29.6. The number of carbonyl (C=O) groups excluding carboxylic acids is 1. The Morgan fingerprint density at radius 1 is 0.886 bits per heavy atom. The van der Waals surface area contributed by atoms with Gasteiger partial charge in [-0.1, -0.05) is 36.4 Å². The number of nitrogens with zero attached hydrogens (tertiary/aromatic N) is 4. The van der Waals surface area contributed by atoms with Crippen LogP contribution in [0.4, 0.5) is 17.2 Å². The van der Waals surface area contributed by atoms with Gasteiger partial charge in [-0.3, -0.25) is 9.59 Å². The molecule has 1 N–H and O–H groups in total. The number of para-hydroxylation sites is 2. The lowest BCUT2D eigenvalue weighted by molar-refractivity contribution is 0.0994. The molecule has 0 spiro atoms. The second kappa shape index (κ2) is 9.89. The minimum Gasteiger partial charge on any atom is -0.454 e. The lowest BCUT2D eigenvalue weighted by Gasteiger charge is -2.36. The van der Waals surface area contributed by atoms with Crippen molar-refractivity contribution in [2.24, 2.45) is 0 Å². The number of aromatic nitrogens is 2. The maximum absolute atomic E-state index is 12.6. The van der Waals surface area contributed by atoms with Crippen molar-refractivity contribution in [1.29, 1.82) is 0 Å². The zero-order valence-electron chi connectivity index (χ0n) is 19.6. The molecule has 35 heavy (non-hydrogen) atoms. The number of amides is 1. The monoisotopic (exact) mass is 469 g/mol. The largest absolute Gasteiger partial charge is 0.454 e. The van der Waals surface area contributed by atoms with Gasteiger partial charge in [0, 0.05) is 43.6 Å². The molecule has 5 rings (SSSR count). The fraction of sp³-hybridized carbons (Fsp3) is 0.222. The number of hydrogen-bond acceptors (Lipinski definition) is 6. The Labute approximate surface area is 203 Å². The van der Waals surface area contributed by atoms with Crippen LogP contribution in [0.2, 0.25) is 0 Å². The highest BCUT2D eigenvalue weighted by Gasteiger charge is 2.19. The van der Waals surface area contributed by atoms with Crippen molar-refractivity contribution in [3.8, 4) is 0 Å². The van der Waals surface area contributed by atoms with Gasteiger partial charge in [-0.15, -0.1) is 0 Å². The van der Waals surface area contributed by atoms with Gasteiger partial charge in [-0.05, 0) is 48.9 Å². The first-order valence-electron chi connectivity index (χ1n) is 11.7. The van der Waals surface area contributed by atoms with Crippen LogP contribution in [0.15, 0.2) is 88.1 Å². The number of anilines is 3. The highest BCUT2D eigenvalue weighted by atomic mass is 16.4. The van der Waals surface area contributed by atoms with Crippen molar-refractivity contribution >= 4 is 23.1 Å². The molecule has 0 bridgehead atoms. The molecule has 2 aromatic carbocycles. The second-order valence-corrected chi connectivity index (χ2v) is 8.53. The summed E-state index contributed by atoms with van der Waals surface area (Å²) in [7, 11) is 0. The van der Waals surface area contributed by atoms with Crippen molar-refractivity contribution in [2.75, 3.05) is 41.3 Å². The van der Waals surface area contributed by atoms with Crippen molar-refractivity contribution < 1.29 is 9.21 Å². The highest BCUT2D eigenvalue weighted by molar-refractivity contribution is 6.02. The molecule has 1 aliphatic heterocycles. The molecular formula is C27H27N5O3. The van der Waals surface area contributed by atoms with E-state index >= 15 is 0 Å². The Bertz CT molecular complexity index is 1370. The first kappa shape index (κ1) is 22.5. The molecule has 178 valence electrons. The van der Waals surface area contributed by atoms with Crippen LogP contribution in [0.25, 0.3) is 0 Å². The van der Waals surface area contributed by atoms with Crippen LogP contribution in [-0.4, -0.2) is 41.9 Å². The van der Waals surface area contributed by atoms with Gasteiger partial charge >= 0.3 is 0 Å². The van der Waals surface area contributed by atoms with Gasteiger partial charge in [-0.2, -0.15) is 5.10 Å². The van der Waals surface area contributed by atoms with Gasteiger partial charge in [0.05, 0.1) is 0 Å². The Hall–Kier alpha value is -4.33. The first-order valence-corrected chi connectivity index (χ1v) is 11.7. The zero-order chi connectivity index (χ0) is 24.2. The first-order chi connectivity index (χ1) is 17.1. The number of carbonyl (C=O) groups is 1. The van der Waals surface area contributed by atoms with Crippen LogP contribution in [0, 0.1) is 6.92 Å². The summed E-state index contributed by atoms with van der Waals surface area (Å²) in [5.74, 6) is 1.09. The molecule has 1 fully saturated rings. The third kappa shape index (κ3) is 5.11. The van der Waals surface area contributed by atoms with Crippen LogP contribution in [-0.2, 0) is 6.54 Å². The number of furan rings is 1. The lowest BCUT2D eigenvalue weighted by atomic mass is 10.2. The third-order valence-corrected chi connectivity index (χ3v) is 6.16. The van der Waals surface area contributed by atoms with Crippen LogP contribution >= 0.6 is 0 Å². The molecule has 2 aromatic heterocycles. The molecule has 1 saturated heterocycles. The van der Waals surface area contributed by atoms with Crippen LogP contribution in [0.1, 0.15) is 21.9 Å². The summed E-state index contributed by atoms with van der Waals surface area (Å²) in [5, 5.41) is 7.43. The number of hydrogen-bond donors (Lipinski definition) is 1. The zero-order valence-corrected chi connectivity index (χ0v) is 19.6. The molecule has 0 saturated carbocycles. The highest BCUT2D eigenvalue weighted by Crippen LogP contribution is 2.19. The van der Waals surface area contributed by atoms with E-state index in [9.17, 15) is 9.59 Å². The quantitative estimate of drug-likeness (QED) is 0.463. The molecule has 1 amide bonds. The SMILES string of the molecule is Cc1ccccc1NC(=O)c1ccc(Cn2nc(N3CCN(c4ccccc4)CC3)ccc2=O)o1. The van der Waals surface area contributed by atoms with E-state index in [0.29, 0.717) is 5.76 Å². The molecule has 8 heteroatoms. The molecule has 1 aliphatic rings. The summed E-state index contributed by atoms with van der Waals surface area (Å²) < 4.78 is 7.11. The molecule has 8 nitrogen and oxygen atoms in total. The van der Waals surface area contributed by atoms with E-state index in [1.165, 1.54) is 16.4 Å². The summed E-state index contributed by atoms with van der Waals surface area (Å²) in [6, 6.07) is 24.5. The van der Waals surface area contributed by atoms with Gasteiger partial charge in [0.1, 0.15) is 18.1 Å². The lowest BCUT2D eigenvalue weighted by Crippen LogP contribution is -2.47. The maximum Gasteiger partial charge on any atom is 0.291 e. The minimum atomic E-state index is -0.337. The smallest absolute Gasteiger partial charge is 0.291 e. The van der Waals surface area contributed by atoms with Crippen molar-refractivity contribution in [3.63, 3.8) is 0 Å². The van der Waals surface area contributed by atoms with E-state index in [4.69, 9.17) is 4.42 Å². The summed E-state index contributed by atoms with van der Waals surface area (Å²) in [6.07, 6.45) is 0. The van der Waals surface area contributed by atoms with E-state index in [1.807, 2.05) is 49.4 Å². The number of piperazine rings is 1. The van der Waals surface area contributed by atoms with E-state index in [-0.39, 0.29) is 23.8 Å². The molecule has 0 radical (unpaired) electrons. The summed E-state index contributed by atoms with van der Waals surface area (Å²) >= 11 is 0. The van der Waals surface area contributed by atoms with E-state index in [1.54, 1.807) is 18.2 Å². The van der Waals surface area contributed by atoms with Gasteiger partial charge in [0.2, 0.25) is 0 Å². The second-order valence-electron chi connectivity index (χ2n) is 8.53. The van der Waals surface area contributed by atoms with Crippen molar-refractivity contribution in [2.45, 2.75) is 13.5 Å². The normalized spacial score (nSPS) is 13.6. The number of aryl methyl sites for hydroxylation is 1. The number of benzene rings is 2. The molecule has 0 atom stereocenters. The molecule has 4 aromatic rings.